The predicted octanol–water partition coefficient (Wildman–Crippen LogP) is 2.69. The predicted molar refractivity (Wildman–Crippen MR) is 94.1 cm³/mol. The molecule has 1 fully saturated rings. The zero-order valence-electron chi connectivity index (χ0n) is 15.5. The highest BCUT2D eigenvalue weighted by atomic mass is 16.2. The van der Waals surface area contributed by atoms with Crippen LogP contribution < -0.4 is 0 Å². The minimum atomic E-state index is 0.0823. The summed E-state index contributed by atoms with van der Waals surface area (Å²) in [4.78, 5) is 19.5. The van der Waals surface area contributed by atoms with Gasteiger partial charge in [0.1, 0.15) is 0 Å². The molecule has 1 amide bonds. The Bertz CT molecular complexity index is 317. The van der Waals surface area contributed by atoms with Crippen molar-refractivity contribution in [3.63, 3.8) is 0 Å². The molecule has 1 saturated heterocycles. The van der Waals surface area contributed by atoms with E-state index in [1.54, 1.807) is 0 Å². The van der Waals surface area contributed by atoms with Gasteiger partial charge < -0.3 is 14.7 Å². The fourth-order valence-electron chi connectivity index (χ4n) is 2.83. The first-order chi connectivity index (χ1) is 10.3. The molecule has 1 rings (SSSR count). The molecule has 4 nitrogen and oxygen atoms in total. The molecule has 0 aliphatic carbocycles. The minimum absolute atomic E-state index is 0.0823. The normalized spacial score (nSPS) is 17.7. The number of nitrogens with zero attached hydrogens (tertiary/aromatic N) is 3. The first-order valence-corrected chi connectivity index (χ1v) is 9.00. The molecule has 1 aliphatic heterocycles. The molecule has 0 atom stereocenters. The third-order valence-electron chi connectivity index (χ3n) is 4.31. The lowest BCUT2D eigenvalue weighted by molar-refractivity contribution is -0.133. The second kappa shape index (κ2) is 9.51. The van der Waals surface area contributed by atoms with Crippen molar-refractivity contribution in [2.24, 2.45) is 5.41 Å². The molecule has 1 heterocycles. The molecule has 0 N–H and O–H groups in total. The first-order valence-electron chi connectivity index (χ1n) is 9.00. The number of hydrogen-bond donors (Lipinski definition) is 0. The van der Waals surface area contributed by atoms with E-state index in [-0.39, 0.29) is 5.41 Å². The van der Waals surface area contributed by atoms with Crippen molar-refractivity contribution >= 4 is 5.91 Å². The van der Waals surface area contributed by atoms with Gasteiger partial charge in [0.05, 0.1) is 0 Å². The van der Waals surface area contributed by atoms with Gasteiger partial charge in [-0.15, -0.1) is 0 Å². The summed E-state index contributed by atoms with van der Waals surface area (Å²) in [5.74, 6) is 0.333. The molecule has 1 aliphatic rings. The number of hydrogen-bond acceptors (Lipinski definition) is 3. The number of likely N-dealkylation sites (N-methyl/N-ethyl adjacent to an activating group) is 1. The molecule has 0 saturated carbocycles. The van der Waals surface area contributed by atoms with Crippen molar-refractivity contribution in [2.75, 3.05) is 52.9 Å². The molecule has 0 aromatic carbocycles. The molecule has 0 aromatic rings. The Balaban J connectivity index is 2.35. The van der Waals surface area contributed by atoms with Gasteiger partial charge in [-0.25, -0.2) is 0 Å². The van der Waals surface area contributed by atoms with Crippen LogP contribution in [0.3, 0.4) is 0 Å². The summed E-state index contributed by atoms with van der Waals surface area (Å²) in [6.45, 7) is 16.3. The van der Waals surface area contributed by atoms with Crippen LogP contribution in [0.25, 0.3) is 0 Å². The van der Waals surface area contributed by atoms with Crippen molar-refractivity contribution in [1.82, 2.24) is 14.7 Å². The van der Waals surface area contributed by atoms with Gasteiger partial charge in [0.2, 0.25) is 5.91 Å². The van der Waals surface area contributed by atoms with Crippen molar-refractivity contribution < 1.29 is 4.79 Å². The fraction of sp³-hybridized carbons (Fsp3) is 0.944. The quantitative estimate of drug-likeness (QED) is 0.689. The SMILES string of the molecule is CCCCN(CCCN1CCN(C)CC1)C(=O)CC(C)(C)C. The Hall–Kier alpha value is -0.610. The van der Waals surface area contributed by atoms with E-state index in [9.17, 15) is 4.79 Å². The minimum Gasteiger partial charge on any atom is -0.343 e. The highest BCUT2D eigenvalue weighted by Gasteiger charge is 2.21. The molecular weight excluding hydrogens is 274 g/mol. The van der Waals surface area contributed by atoms with E-state index in [1.165, 1.54) is 26.2 Å². The number of amides is 1. The van der Waals surface area contributed by atoms with Crippen LogP contribution in [-0.4, -0.2) is 73.5 Å². The second-order valence-corrected chi connectivity index (χ2v) is 7.97. The summed E-state index contributed by atoms with van der Waals surface area (Å²) >= 11 is 0. The molecule has 22 heavy (non-hydrogen) atoms. The molecule has 0 spiro atoms. The van der Waals surface area contributed by atoms with E-state index >= 15 is 0 Å². The van der Waals surface area contributed by atoms with Crippen LogP contribution in [0.15, 0.2) is 0 Å². The maximum atomic E-state index is 12.5. The third kappa shape index (κ3) is 8.14. The Morgan fingerprint density at radius 2 is 1.64 bits per heavy atom. The van der Waals surface area contributed by atoms with Gasteiger partial charge in [0, 0.05) is 45.7 Å². The molecule has 0 bridgehead atoms. The van der Waals surface area contributed by atoms with Crippen LogP contribution in [0.5, 0.6) is 0 Å². The first kappa shape index (κ1) is 19.4. The summed E-state index contributed by atoms with van der Waals surface area (Å²) in [7, 11) is 2.19. The molecule has 0 radical (unpaired) electrons. The van der Waals surface area contributed by atoms with Gasteiger partial charge in [-0.3, -0.25) is 4.79 Å². The van der Waals surface area contributed by atoms with Gasteiger partial charge in [-0.2, -0.15) is 0 Å². The smallest absolute Gasteiger partial charge is 0.223 e. The van der Waals surface area contributed by atoms with Crippen LogP contribution >= 0.6 is 0 Å². The standard InChI is InChI=1S/C18H37N3O/c1-6-7-10-21(17(22)16-18(2,3)4)11-8-9-20-14-12-19(5)13-15-20/h6-16H2,1-5H3. The fourth-order valence-corrected chi connectivity index (χ4v) is 2.83. The maximum Gasteiger partial charge on any atom is 0.223 e. The van der Waals surface area contributed by atoms with Gasteiger partial charge in [-0.1, -0.05) is 34.1 Å². The highest BCUT2D eigenvalue weighted by molar-refractivity contribution is 5.76. The number of rotatable bonds is 8. The van der Waals surface area contributed by atoms with E-state index < -0.39 is 0 Å². The Labute approximate surface area is 137 Å². The van der Waals surface area contributed by atoms with Crippen LogP contribution in [-0.2, 0) is 4.79 Å². The molecule has 4 heteroatoms. The number of carbonyl (C=O) groups excluding carboxylic acids is 1. The Morgan fingerprint density at radius 1 is 1.05 bits per heavy atom. The Morgan fingerprint density at radius 3 is 2.18 bits per heavy atom. The lowest BCUT2D eigenvalue weighted by atomic mass is 9.91. The van der Waals surface area contributed by atoms with E-state index in [2.05, 4.69) is 49.4 Å². The van der Waals surface area contributed by atoms with E-state index in [4.69, 9.17) is 0 Å². The van der Waals surface area contributed by atoms with Crippen LogP contribution in [0.2, 0.25) is 0 Å². The van der Waals surface area contributed by atoms with Gasteiger partial charge in [-0.05, 0) is 31.8 Å². The maximum absolute atomic E-state index is 12.5. The number of carbonyl (C=O) groups is 1. The zero-order chi connectivity index (χ0) is 16.6. The van der Waals surface area contributed by atoms with Crippen LogP contribution in [0.4, 0.5) is 0 Å². The largest absolute Gasteiger partial charge is 0.343 e. The second-order valence-electron chi connectivity index (χ2n) is 7.97. The lowest BCUT2D eigenvalue weighted by Crippen LogP contribution is -2.45. The van der Waals surface area contributed by atoms with Crippen LogP contribution in [0.1, 0.15) is 53.4 Å². The topological polar surface area (TPSA) is 26.8 Å². The molecular formula is C18H37N3O. The van der Waals surface area contributed by atoms with E-state index in [1.807, 2.05) is 0 Å². The summed E-state index contributed by atoms with van der Waals surface area (Å²) < 4.78 is 0. The average Bonchev–Trinajstić information content (AvgIpc) is 2.42. The highest BCUT2D eigenvalue weighted by Crippen LogP contribution is 2.20. The van der Waals surface area contributed by atoms with Gasteiger partial charge >= 0.3 is 0 Å². The Kier molecular flexibility index (Phi) is 8.40. The summed E-state index contributed by atoms with van der Waals surface area (Å²) in [6, 6.07) is 0. The van der Waals surface area contributed by atoms with Crippen molar-refractivity contribution in [2.45, 2.75) is 53.4 Å². The summed E-state index contributed by atoms with van der Waals surface area (Å²) in [5, 5.41) is 0. The van der Waals surface area contributed by atoms with E-state index in [0.29, 0.717) is 12.3 Å². The van der Waals surface area contributed by atoms with Crippen molar-refractivity contribution in [1.29, 1.82) is 0 Å². The van der Waals surface area contributed by atoms with Gasteiger partial charge in [0.25, 0.3) is 0 Å². The molecule has 0 unspecified atom stereocenters. The molecule has 130 valence electrons. The van der Waals surface area contributed by atoms with Crippen molar-refractivity contribution in [3.05, 3.63) is 0 Å². The lowest BCUT2D eigenvalue weighted by Gasteiger charge is -2.33. The average molecular weight is 312 g/mol. The van der Waals surface area contributed by atoms with Gasteiger partial charge in [0.15, 0.2) is 0 Å². The summed E-state index contributed by atoms with van der Waals surface area (Å²) in [6.07, 6.45) is 4.02. The zero-order valence-corrected chi connectivity index (χ0v) is 15.5. The van der Waals surface area contributed by atoms with Crippen LogP contribution in [0, 0.1) is 5.41 Å². The summed E-state index contributed by atoms with van der Waals surface area (Å²) in [5.41, 5.74) is 0.0823. The molecule has 0 aromatic heterocycles. The monoisotopic (exact) mass is 311 g/mol. The third-order valence-corrected chi connectivity index (χ3v) is 4.31. The van der Waals surface area contributed by atoms with E-state index in [0.717, 1.165) is 38.9 Å². The number of unbranched alkanes of at least 4 members (excludes halogenated alkanes) is 1. The van der Waals surface area contributed by atoms with Crippen molar-refractivity contribution in [3.8, 4) is 0 Å². The number of piperazine rings is 1.